The van der Waals surface area contributed by atoms with Gasteiger partial charge in [-0.15, -0.1) is 12.4 Å². The van der Waals surface area contributed by atoms with Gasteiger partial charge in [0.05, 0.1) is 0 Å². The van der Waals surface area contributed by atoms with Gasteiger partial charge in [-0.1, -0.05) is 19.3 Å². The molecule has 0 saturated carbocycles. The molecule has 0 unspecified atom stereocenters. The van der Waals surface area contributed by atoms with E-state index in [1.54, 1.807) is 0 Å². The second-order valence-electron chi connectivity index (χ2n) is 3.20. The minimum absolute atomic E-state index is 0. The third-order valence-corrected chi connectivity index (χ3v) is 1.94. The van der Waals surface area contributed by atoms with Gasteiger partial charge in [-0.3, -0.25) is 0 Å². The van der Waals surface area contributed by atoms with Crippen molar-refractivity contribution in [3.63, 3.8) is 0 Å². The first kappa shape index (κ1) is 16.8. The van der Waals surface area contributed by atoms with Crippen LogP contribution in [0.15, 0.2) is 11.9 Å². The Kier molecular flexibility index (Phi) is 12.8. The normalized spacial score (nSPS) is 10.9. The molecule has 0 rings (SSSR count). The van der Waals surface area contributed by atoms with E-state index in [1.807, 2.05) is 0 Å². The van der Waals surface area contributed by atoms with E-state index in [1.165, 1.54) is 0 Å². The lowest BCUT2D eigenvalue weighted by molar-refractivity contribution is -0.134. The Balaban J connectivity index is 0. The van der Waals surface area contributed by atoms with E-state index in [2.05, 4.69) is 0 Å². The molecule has 0 spiro atoms. The summed E-state index contributed by atoms with van der Waals surface area (Å²) in [5.74, 6) is -2.53. The highest BCUT2D eigenvalue weighted by Gasteiger charge is 2.02. The van der Waals surface area contributed by atoms with Crippen molar-refractivity contribution in [2.75, 3.05) is 6.54 Å². The molecule has 0 aromatic rings. The number of halogens is 2. The Morgan fingerprint density at radius 3 is 2.27 bits per heavy atom. The molecule has 0 saturated heterocycles. The van der Waals surface area contributed by atoms with Gasteiger partial charge >= 0.3 is 5.97 Å². The molecule has 90 valence electrons. The lowest BCUT2D eigenvalue weighted by Crippen LogP contribution is -1.97. The molecule has 0 amide bonds. The molecular weight excluding hydrogens is 221 g/mol. The van der Waals surface area contributed by atoms with Crippen LogP contribution in [0.25, 0.3) is 0 Å². The van der Waals surface area contributed by atoms with Gasteiger partial charge in [-0.05, 0) is 31.9 Å². The molecule has 0 aliphatic carbocycles. The predicted octanol–water partition coefficient (Wildman–Crippen LogP) is 2.65. The molecule has 5 heteroatoms. The zero-order chi connectivity index (χ0) is 10.8. The number of allylic oxidation sites excluding steroid dienone is 1. The summed E-state index contributed by atoms with van der Waals surface area (Å²) in [6, 6.07) is 0. The van der Waals surface area contributed by atoms with Crippen LogP contribution < -0.4 is 5.73 Å². The zero-order valence-electron chi connectivity index (χ0n) is 8.75. The van der Waals surface area contributed by atoms with Crippen LogP contribution in [-0.4, -0.2) is 17.6 Å². The number of carboxylic acid groups (broad SMARTS) is 1. The lowest BCUT2D eigenvalue weighted by Gasteiger charge is -1.97. The van der Waals surface area contributed by atoms with Crippen LogP contribution in [0.1, 0.15) is 38.5 Å². The Morgan fingerprint density at radius 2 is 1.73 bits per heavy atom. The Morgan fingerprint density at radius 1 is 1.20 bits per heavy atom. The fraction of sp³-hybridized carbons (Fsp3) is 0.700. The zero-order valence-corrected chi connectivity index (χ0v) is 9.56. The van der Waals surface area contributed by atoms with Gasteiger partial charge in [0.1, 0.15) is 0 Å². The van der Waals surface area contributed by atoms with Gasteiger partial charge in [-0.2, -0.15) is 4.39 Å². The van der Waals surface area contributed by atoms with Crippen LogP contribution in [-0.2, 0) is 4.79 Å². The average molecular weight is 240 g/mol. The van der Waals surface area contributed by atoms with Crippen molar-refractivity contribution >= 4 is 18.4 Å². The quantitative estimate of drug-likeness (QED) is 0.506. The molecule has 0 aromatic carbocycles. The Bertz CT molecular complexity index is 198. The molecule has 0 heterocycles. The van der Waals surface area contributed by atoms with Gasteiger partial charge in [-0.25, -0.2) is 4.79 Å². The summed E-state index contributed by atoms with van der Waals surface area (Å²) < 4.78 is 12.4. The smallest absolute Gasteiger partial charge is 0.364 e. The highest BCUT2D eigenvalue weighted by atomic mass is 35.5. The Labute approximate surface area is 95.9 Å². The maximum Gasteiger partial charge on any atom is 0.364 e. The highest BCUT2D eigenvalue weighted by molar-refractivity contribution is 5.85. The fourth-order valence-electron chi connectivity index (χ4n) is 1.14. The number of carboxylic acids is 1. The summed E-state index contributed by atoms with van der Waals surface area (Å²) in [4.78, 5) is 10.0. The first-order chi connectivity index (χ1) is 6.68. The van der Waals surface area contributed by atoms with Crippen molar-refractivity contribution in [2.45, 2.75) is 38.5 Å². The number of hydrogen-bond donors (Lipinski definition) is 2. The van der Waals surface area contributed by atoms with Crippen LogP contribution in [0, 0.1) is 0 Å². The van der Waals surface area contributed by atoms with Gasteiger partial charge < -0.3 is 10.8 Å². The van der Waals surface area contributed by atoms with Crippen molar-refractivity contribution in [1.82, 2.24) is 0 Å². The van der Waals surface area contributed by atoms with Crippen LogP contribution in [0.5, 0.6) is 0 Å². The summed E-state index contributed by atoms with van der Waals surface area (Å²) >= 11 is 0. The number of rotatable bonds is 8. The van der Waals surface area contributed by atoms with Crippen LogP contribution in [0.2, 0.25) is 0 Å². The van der Waals surface area contributed by atoms with Crippen molar-refractivity contribution in [2.24, 2.45) is 5.73 Å². The van der Waals surface area contributed by atoms with E-state index in [0.29, 0.717) is 13.0 Å². The maximum atomic E-state index is 12.4. The number of carbonyl (C=O) groups is 1. The van der Waals surface area contributed by atoms with Crippen LogP contribution in [0.3, 0.4) is 0 Å². The summed E-state index contributed by atoms with van der Waals surface area (Å²) in [5.41, 5.74) is 5.32. The first-order valence-corrected chi connectivity index (χ1v) is 4.97. The predicted molar refractivity (Wildman–Crippen MR) is 60.8 cm³/mol. The molecule has 0 aromatic heterocycles. The highest BCUT2D eigenvalue weighted by Crippen LogP contribution is 2.07. The third-order valence-electron chi connectivity index (χ3n) is 1.94. The largest absolute Gasteiger partial charge is 0.476 e. The molecular formula is C10H19ClFNO2. The maximum absolute atomic E-state index is 12.4. The van der Waals surface area contributed by atoms with Gasteiger partial charge in [0.2, 0.25) is 5.83 Å². The SMILES string of the molecule is Cl.NCCCCCCC/C=C(\F)C(=O)O. The number of unbranched alkanes of at least 4 members (excludes halogenated alkanes) is 5. The second-order valence-corrected chi connectivity index (χ2v) is 3.20. The molecule has 0 aliphatic rings. The Hall–Kier alpha value is -0.610. The number of hydrogen-bond acceptors (Lipinski definition) is 2. The topological polar surface area (TPSA) is 63.3 Å². The van der Waals surface area contributed by atoms with Crippen molar-refractivity contribution < 1.29 is 14.3 Å². The van der Waals surface area contributed by atoms with Crippen molar-refractivity contribution in [3.8, 4) is 0 Å². The lowest BCUT2D eigenvalue weighted by atomic mass is 10.1. The molecule has 0 atom stereocenters. The first-order valence-electron chi connectivity index (χ1n) is 4.97. The summed E-state index contributed by atoms with van der Waals surface area (Å²) in [6.45, 7) is 0.716. The average Bonchev–Trinajstić information content (AvgIpc) is 2.16. The molecule has 0 bridgehead atoms. The van der Waals surface area contributed by atoms with E-state index < -0.39 is 11.8 Å². The van der Waals surface area contributed by atoms with Gasteiger partial charge in [0.25, 0.3) is 0 Å². The van der Waals surface area contributed by atoms with Crippen LogP contribution in [0.4, 0.5) is 4.39 Å². The minimum Gasteiger partial charge on any atom is -0.476 e. The van der Waals surface area contributed by atoms with Crippen molar-refractivity contribution in [3.05, 3.63) is 11.9 Å². The summed E-state index contributed by atoms with van der Waals surface area (Å²) in [5, 5.41) is 8.20. The number of nitrogens with two attached hydrogens (primary N) is 1. The standard InChI is InChI=1S/C10H18FNO2.ClH/c11-9(10(13)14)7-5-3-1-2-4-6-8-12;/h7H,1-6,8,12H2,(H,13,14);1H/b9-7-;. The minimum atomic E-state index is -1.48. The fourth-order valence-corrected chi connectivity index (χ4v) is 1.14. The van der Waals surface area contributed by atoms with E-state index in [9.17, 15) is 9.18 Å². The van der Waals surface area contributed by atoms with Gasteiger partial charge in [0, 0.05) is 0 Å². The van der Waals surface area contributed by atoms with Crippen molar-refractivity contribution in [1.29, 1.82) is 0 Å². The monoisotopic (exact) mass is 239 g/mol. The molecule has 3 nitrogen and oxygen atoms in total. The number of aliphatic carboxylic acids is 1. The van der Waals surface area contributed by atoms with E-state index in [-0.39, 0.29) is 12.4 Å². The third kappa shape index (κ3) is 11.3. The molecule has 0 aliphatic heterocycles. The summed E-state index contributed by atoms with van der Waals surface area (Å²) in [6.07, 6.45) is 6.68. The van der Waals surface area contributed by atoms with E-state index in [0.717, 1.165) is 38.2 Å². The molecule has 0 radical (unpaired) electrons. The second kappa shape index (κ2) is 11.5. The van der Waals surface area contributed by atoms with Gasteiger partial charge in [0.15, 0.2) is 0 Å². The molecule has 3 N–H and O–H groups in total. The van der Waals surface area contributed by atoms with E-state index in [4.69, 9.17) is 10.8 Å². The van der Waals surface area contributed by atoms with E-state index >= 15 is 0 Å². The summed E-state index contributed by atoms with van der Waals surface area (Å²) in [7, 11) is 0. The van der Waals surface area contributed by atoms with Crippen LogP contribution >= 0.6 is 12.4 Å². The molecule has 15 heavy (non-hydrogen) atoms. The molecule has 0 fully saturated rings.